The molecule has 0 aromatic rings. The first-order valence-corrected chi connectivity index (χ1v) is 7.34. The van der Waals surface area contributed by atoms with Crippen molar-refractivity contribution in [1.82, 2.24) is 5.48 Å². The van der Waals surface area contributed by atoms with E-state index in [4.69, 9.17) is 15.3 Å². The Morgan fingerprint density at radius 1 is 1.32 bits per heavy atom. The molecule has 5 heteroatoms. The van der Waals surface area contributed by atoms with E-state index in [1.807, 2.05) is 13.8 Å². The second kappa shape index (κ2) is 4.43. The lowest BCUT2D eigenvalue weighted by Gasteiger charge is -2.60. The topological polar surface area (TPSA) is 73.6 Å². The predicted octanol–water partition coefficient (Wildman–Crippen LogP) is 1.12. The minimum Gasteiger partial charge on any atom is -0.377 e. The van der Waals surface area contributed by atoms with Gasteiger partial charge in [-0.05, 0) is 19.3 Å². The number of hydroxylamine groups is 1. The van der Waals surface area contributed by atoms with Crippen LogP contribution in [0.15, 0.2) is 0 Å². The molecular formula is C14H24N2O3. The molecule has 1 heterocycles. The zero-order chi connectivity index (χ0) is 13.7. The molecule has 2 saturated carbocycles. The number of fused-ring (bicyclic) bond motifs is 1. The van der Waals surface area contributed by atoms with Gasteiger partial charge >= 0.3 is 0 Å². The number of nitrogens with one attached hydrogen (secondary N) is 1. The van der Waals surface area contributed by atoms with Crippen molar-refractivity contribution >= 4 is 5.91 Å². The van der Waals surface area contributed by atoms with E-state index in [1.165, 1.54) is 12.8 Å². The standard InChI is InChI=1S/C14H24N2O3/c1-13(2)11-10(7-8-18-11)14(13,15)12(17)16-19-9-5-3-4-6-9/h9-11H,3-8,15H2,1-2H3,(H,16,17). The molecule has 3 unspecified atom stereocenters. The summed E-state index contributed by atoms with van der Waals surface area (Å²) in [5, 5.41) is 0. The van der Waals surface area contributed by atoms with E-state index in [2.05, 4.69) is 5.48 Å². The highest BCUT2D eigenvalue weighted by Crippen LogP contribution is 2.58. The molecule has 0 spiro atoms. The smallest absolute Gasteiger partial charge is 0.264 e. The van der Waals surface area contributed by atoms with Gasteiger partial charge in [0.1, 0.15) is 5.54 Å². The van der Waals surface area contributed by atoms with Gasteiger partial charge in [0, 0.05) is 17.9 Å². The number of ether oxygens (including phenoxy) is 1. The predicted molar refractivity (Wildman–Crippen MR) is 70.0 cm³/mol. The third kappa shape index (κ3) is 1.75. The molecular weight excluding hydrogens is 244 g/mol. The molecule has 1 saturated heterocycles. The van der Waals surface area contributed by atoms with E-state index >= 15 is 0 Å². The van der Waals surface area contributed by atoms with E-state index in [-0.39, 0.29) is 29.4 Å². The van der Waals surface area contributed by atoms with Crippen LogP contribution in [0.5, 0.6) is 0 Å². The van der Waals surface area contributed by atoms with Gasteiger partial charge in [-0.3, -0.25) is 9.63 Å². The Morgan fingerprint density at radius 3 is 2.68 bits per heavy atom. The van der Waals surface area contributed by atoms with Crippen molar-refractivity contribution in [2.24, 2.45) is 17.1 Å². The first-order chi connectivity index (χ1) is 8.98. The summed E-state index contributed by atoms with van der Waals surface area (Å²) in [7, 11) is 0. The van der Waals surface area contributed by atoms with Crippen molar-refractivity contribution in [3.05, 3.63) is 0 Å². The van der Waals surface area contributed by atoms with Crippen molar-refractivity contribution in [3.63, 3.8) is 0 Å². The fourth-order valence-corrected chi connectivity index (χ4v) is 4.07. The quantitative estimate of drug-likeness (QED) is 0.752. The average molecular weight is 268 g/mol. The van der Waals surface area contributed by atoms with Gasteiger partial charge in [-0.2, -0.15) is 0 Å². The summed E-state index contributed by atoms with van der Waals surface area (Å²) < 4.78 is 5.69. The number of rotatable bonds is 3. The van der Waals surface area contributed by atoms with Crippen molar-refractivity contribution in [1.29, 1.82) is 0 Å². The van der Waals surface area contributed by atoms with Crippen LogP contribution in [0, 0.1) is 11.3 Å². The van der Waals surface area contributed by atoms with Crippen LogP contribution in [-0.4, -0.2) is 30.3 Å². The Hall–Kier alpha value is -0.650. The number of hydrogen-bond acceptors (Lipinski definition) is 4. The largest absolute Gasteiger partial charge is 0.377 e. The summed E-state index contributed by atoms with van der Waals surface area (Å²) in [6.07, 6.45) is 5.53. The third-order valence-electron chi connectivity index (χ3n) is 5.45. The van der Waals surface area contributed by atoms with Gasteiger partial charge in [0.05, 0.1) is 12.2 Å². The Kier molecular flexibility index (Phi) is 3.11. The Morgan fingerprint density at radius 2 is 2.00 bits per heavy atom. The summed E-state index contributed by atoms with van der Waals surface area (Å²) >= 11 is 0. The van der Waals surface area contributed by atoms with Crippen LogP contribution in [-0.2, 0) is 14.4 Å². The van der Waals surface area contributed by atoms with Crippen molar-refractivity contribution in [2.75, 3.05) is 6.61 Å². The molecule has 5 nitrogen and oxygen atoms in total. The van der Waals surface area contributed by atoms with Crippen molar-refractivity contribution in [2.45, 2.75) is 63.7 Å². The van der Waals surface area contributed by atoms with Gasteiger partial charge in [0.2, 0.25) is 0 Å². The van der Waals surface area contributed by atoms with Crippen LogP contribution >= 0.6 is 0 Å². The van der Waals surface area contributed by atoms with Crippen LogP contribution in [0.25, 0.3) is 0 Å². The Balaban J connectivity index is 1.64. The fourth-order valence-electron chi connectivity index (χ4n) is 4.07. The maximum Gasteiger partial charge on any atom is 0.264 e. The van der Waals surface area contributed by atoms with E-state index < -0.39 is 5.54 Å². The zero-order valence-electron chi connectivity index (χ0n) is 11.8. The minimum atomic E-state index is -0.868. The number of carbonyl (C=O) groups excluding carboxylic acids is 1. The number of amides is 1. The summed E-state index contributed by atoms with van der Waals surface area (Å²) in [5.41, 5.74) is 7.83. The number of carbonyl (C=O) groups is 1. The molecule has 0 radical (unpaired) electrons. The van der Waals surface area contributed by atoms with Gasteiger partial charge in [-0.15, -0.1) is 0 Å². The normalized spacial score (nSPS) is 40.8. The SMILES string of the molecule is CC1(C)C2OCCC2C1(N)C(=O)NOC1CCCC1. The average Bonchev–Trinajstić information content (AvgIpc) is 3.04. The molecule has 0 bridgehead atoms. The molecule has 3 rings (SSSR count). The van der Waals surface area contributed by atoms with Crippen molar-refractivity contribution in [3.8, 4) is 0 Å². The number of hydrogen-bond donors (Lipinski definition) is 2. The van der Waals surface area contributed by atoms with Crippen LogP contribution in [0.4, 0.5) is 0 Å². The molecule has 2 aliphatic carbocycles. The third-order valence-corrected chi connectivity index (χ3v) is 5.45. The lowest BCUT2D eigenvalue weighted by Crippen LogP contribution is -2.80. The lowest BCUT2D eigenvalue weighted by molar-refractivity contribution is -0.187. The maximum absolute atomic E-state index is 12.4. The van der Waals surface area contributed by atoms with Crippen LogP contribution in [0.1, 0.15) is 46.0 Å². The Bertz CT molecular complexity index is 379. The van der Waals surface area contributed by atoms with Gasteiger partial charge in [-0.25, -0.2) is 5.48 Å². The highest BCUT2D eigenvalue weighted by atomic mass is 16.7. The van der Waals surface area contributed by atoms with Gasteiger partial charge < -0.3 is 10.5 Å². The van der Waals surface area contributed by atoms with E-state index in [9.17, 15) is 4.79 Å². The van der Waals surface area contributed by atoms with E-state index in [1.54, 1.807) is 0 Å². The van der Waals surface area contributed by atoms with Crippen LogP contribution in [0.3, 0.4) is 0 Å². The summed E-state index contributed by atoms with van der Waals surface area (Å²) in [4.78, 5) is 18.0. The van der Waals surface area contributed by atoms with Gasteiger partial charge in [0.15, 0.2) is 0 Å². The molecule has 3 fully saturated rings. The van der Waals surface area contributed by atoms with E-state index in [0.29, 0.717) is 6.61 Å². The molecule has 19 heavy (non-hydrogen) atoms. The lowest BCUT2D eigenvalue weighted by atomic mass is 9.48. The monoisotopic (exact) mass is 268 g/mol. The zero-order valence-corrected chi connectivity index (χ0v) is 11.8. The number of nitrogens with two attached hydrogens (primary N) is 1. The van der Waals surface area contributed by atoms with Crippen molar-refractivity contribution < 1.29 is 14.4 Å². The Labute approximate surface area is 114 Å². The second-order valence-electron chi connectivity index (χ2n) is 6.73. The molecule has 3 aliphatic rings. The summed E-state index contributed by atoms with van der Waals surface area (Å²) in [6, 6.07) is 0. The first kappa shape index (κ1) is 13.3. The summed E-state index contributed by atoms with van der Waals surface area (Å²) in [6.45, 7) is 4.72. The van der Waals surface area contributed by atoms with E-state index in [0.717, 1.165) is 19.3 Å². The molecule has 108 valence electrons. The molecule has 3 N–H and O–H groups in total. The molecule has 0 aromatic carbocycles. The first-order valence-electron chi connectivity index (χ1n) is 7.34. The van der Waals surface area contributed by atoms with Crippen LogP contribution < -0.4 is 11.2 Å². The second-order valence-corrected chi connectivity index (χ2v) is 6.73. The summed E-state index contributed by atoms with van der Waals surface area (Å²) in [5.74, 6) is -0.0640. The molecule has 0 aromatic heterocycles. The molecule has 1 amide bonds. The maximum atomic E-state index is 12.4. The van der Waals surface area contributed by atoms with Gasteiger partial charge in [0.25, 0.3) is 5.91 Å². The van der Waals surface area contributed by atoms with Gasteiger partial charge in [-0.1, -0.05) is 26.7 Å². The molecule has 3 atom stereocenters. The van der Waals surface area contributed by atoms with Crippen LogP contribution in [0.2, 0.25) is 0 Å². The highest BCUT2D eigenvalue weighted by Gasteiger charge is 2.71. The fraction of sp³-hybridized carbons (Fsp3) is 0.929. The minimum absolute atomic E-state index is 0.106. The molecule has 1 aliphatic heterocycles. The highest BCUT2D eigenvalue weighted by molar-refractivity contribution is 5.88.